The lowest BCUT2D eigenvalue weighted by Gasteiger charge is -2.22. The highest BCUT2D eigenvalue weighted by atomic mass is 32.2. The average molecular weight is 451 g/mol. The van der Waals surface area contributed by atoms with Crippen molar-refractivity contribution in [2.45, 2.75) is 30.6 Å². The summed E-state index contributed by atoms with van der Waals surface area (Å²) < 4.78 is 34.3. The Morgan fingerprint density at radius 3 is 2.03 bits per heavy atom. The van der Waals surface area contributed by atoms with Gasteiger partial charge in [0.2, 0.25) is 0 Å². The maximum Gasteiger partial charge on any atom is 0.261 e. The molecule has 3 aromatic carbocycles. The Hall–Kier alpha value is -3.32. The van der Waals surface area contributed by atoms with E-state index in [1.54, 1.807) is 36.4 Å². The quantitative estimate of drug-likeness (QED) is 0.553. The summed E-state index contributed by atoms with van der Waals surface area (Å²) in [7, 11) is -3.87. The predicted octanol–water partition coefficient (Wildman–Crippen LogP) is 5.30. The van der Waals surface area contributed by atoms with Crippen molar-refractivity contribution < 1.29 is 17.9 Å². The van der Waals surface area contributed by atoms with E-state index in [1.165, 1.54) is 12.1 Å². The van der Waals surface area contributed by atoms with Crippen LogP contribution in [0.5, 0.6) is 11.5 Å². The van der Waals surface area contributed by atoms with Crippen LogP contribution in [0.4, 0.5) is 5.69 Å². The molecule has 0 spiro atoms. The maximum absolute atomic E-state index is 13.1. The van der Waals surface area contributed by atoms with Crippen molar-refractivity contribution in [3.63, 3.8) is 0 Å². The Kier molecular flexibility index (Phi) is 6.75. The highest BCUT2D eigenvalue weighted by Gasteiger charge is 2.22. The molecule has 0 atom stereocenters. The number of nitrogens with one attached hydrogen (secondary N) is 1. The fourth-order valence-electron chi connectivity index (χ4n) is 3.72. The molecule has 1 saturated heterocycles. The Balaban J connectivity index is 1.51. The van der Waals surface area contributed by atoms with E-state index in [2.05, 4.69) is 4.72 Å². The molecule has 0 saturated carbocycles. The number of ether oxygens (including phenoxy) is 1. The number of amides is 1. The van der Waals surface area contributed by atoms with Gasteiger partial charge in [-0.1, -0.05) is 43.2 Å². The minimum atomic E-state index is -3.87. The molecule has 1 N–H and O–H groups in total. The number of likely N-dealkylation sites (tertiary alicyclic amines) is 1. The van der Waals surface area contributed by atoms with Crippen LogP contribution in [-0.2, 0) is 10.0 Å². The van der Waals surface area contributed by atoms with Crippen LogP contribution in [0, 0.1) is 0 Å². The summed E-state index contributed by atoms with van der Waals surface area (Å²) >= 11 is 0. The van der Waals surface area contributed by atoms with E-state index in [4.69, 9.17) is 4.74 Å². The molecule has 0 aliphatic carbocycles. The van der Waals surface area contributed by atoms with Crippen LogP contribution in [0.15, 0.2) is 83.8 Å². The Morgan fingerprint density at radius 1 is 0.750 bits per heavy atom. The number of sulfonamides is 1. The van der Waals surface area contributed by atoms with Gasteiger partial charge >= 0.3 is 0 Å². The van der Waals surface area contributed by atoms with Crippen LogP contribution in [0.1, 0.15) is 36.0 Å². The van der Waals surface area contributed by atoms with Crippen molar-refractivity contribution in [3.05, 3.63) is 84.4 Å². The van der Waals surface area contributed by atoms with Crippen LogP contribution < -0.4 is 9.46 Å². The van der Waals surface area contributed by atoms with Crippen molar-refractivity contribution >= 4 is 21.6 Å². The van der Waals surface area contributed by atoms with Gasteiger partial charge in [-0.25, -0.2) is 8.42 Å². The number of rotatable bonds is 6. The van der Waals surface area contributed by atoms with Gasteiger partial charge in [0.15, 0.2) is 0 Å². The van der Waals surface area contributed by atoms with Gasteiger partial charge in [-0.15, -0.1) is 0 Å². The van der Waals surface area contributed by atoms with Gasteiger partial charge in [0.1, 0.15) is 11.5 Å². The second-order valence-corrected chi connectivity index (χ2v) is 9.43. The Morgan fingerprint density at radius 2 is 1.34 bits per heavy atom. The van der Waals surface area contributed by atoms with Crippen LogP contribution >= 0.6 is 0 Å². The monoisotopic (exact) mass is 450 g/mol. The van der Waals surface area contributed by atoms with Gasteiger partial charge in [0.05, 0.1) is 16.1 Å². The molecule has 3 aromatic rings. The van der Waals surface area contributed by atoms with Crippen LogP contribution in [0.3, 0.4) is 0 Å². The molecule has 1 amide bonds. The highest BCUT2D eigenvalue weighted by Crippen LogP contribution is 2.26. The van der Waals surface area contributed by atoms with Gasteiger partial charge < -0.3 is 9.64 Å². The lowest BCUT2D eigenvalue weighted by molar-refractivity contribution is 0.0762. The number of anilines is 1. The van der Waals surface area contributed by atoms with Crippen molar-refractivity contribution in [1.29, 1.82) is 0 Å². The molecule has 1 fully saturated rings. The Bertz CT molecular complexity index is 1150. The fraction of sp³-hybridized carbons (Fsp3) is 0.240. The molecule has 1 heterocycles. The summed E-state index contributed by atoms with van der Waals surface area (Å²) in [6.45, 7) is 1.39. The number of carbonyl (C=O) groups is 1. The zero-order chi connectivity index (χ0) is 22.4. The first kappa shape index (κ1) is 21.9. The normalized spacial score (nSPS) is 14.4. The third kappa shape index (κ3) is 5.29. The summed E-state index contributed by atoms with van der Waals surface area (Å²) in [4.78, 5) is 15.0. The summed E-state index contributed by atoms with van der Waals surface area (Å²) in [6.07, 6.45) is 4.16. The molecular weight excluding hydrogens is 424 g/mol. The zero-order valence-electron chi connectivity index (χ0n) is 17.7. The second kappa shape index (κ2) is 9.87. The number of nitrogens with zero attached hydrogens (tertiary/aromatic N) is 1. The second-order valence-electron chi connectivity index (χ2n) is 7.74. The molecule has 4 rings (SSSR count). The third-order valence-corrected chi connectivity index (χ3v) is 6.79. The van der Waals surface area contributed by atoms with Gasteiger partial charge in [-0.3, -0.25) is 9.52 Å². The highest BCUT2D eigenvalue weighted by molar-refractivity contribution is 7.92. The van der Waals surface area contributed by atoms with Crippen molar-refractivity contribution in [2.24, 2.45) is 0 Å². The number of carbonyl (C=O) groups excluding carboxylic acids is 1. The summed E-state index contributed by atoms with van der Waals surface area (Å²) in [6, 6.07) is 22.2. The number of para-hydroxylation sites is 2. The molecule has 0 bridgehead atoms. The standard InChI is InChI=1S/C25H26N2O4S/c28-25(27-18-8-1-2-9-19-27)23-12-6-7-13-24(23)26-32(29,30)22-16-14-21(15-17-22)31-20-10-4-3-5-11-20/h3-7,10-17,26H,1-2,8-9,18-19H2. The van der Waals surface area contributed by atoms with Gasteiger partial charge in [-0.2, -0.15) is 0 Å². The largest absolute Gasteiger partial charge is 0.457 e. The predicted molar refractivity (Wildman–Crippen MR) is 125 cm³/mol. The molecular formula is C25H26N2O4S. The van der Waals surface area contributed by atoms with Gasteiger partial charge in [0.25, 0.3) is 15.9 Å². The van der Waals surface area contributed by atoms with E-state index in [-0.39, 0.29) is 16.5 Å². The van der Waals surface area contributed by atoms with E-state index in [9.17, 15) is 13.2 Å². The molecule has 1 aliphatic rings. The van der Waals surface area contributed by atoms with E-state index < -0.39 is 10.0 Å². The molecule has 6 nitrogen and oxygen atoms in total. The third-order valence-electron chi connectivity index (χ3n) is 5.41. The van der Waals surface area contributed by atoms with Gasteiger partial charge in [0, 0.05) is 13.1 Å². The molecule has 0 aromatic heterocycles. The van der Waals surface area contributed by atoms with E-state index in [0.717, 1.165) is 25.7 Å². The molecule has 166 valence electrons. The number of benzene rings is 3. The molecule has 0 unspecified atom stereocenters. The zero-order valence-corrected chi connectivity index (χ0v) is 18.6. The number of hydrogen-bond donors (Lipinski definition) is 1. The first-order valence-corrected chi connectivity index (χ1v) is 12.3. The maximum atomic E-state index is 13.1. The Labute approximate surface area is 188 Å². The first-order chi connectivity index (χ1) is 15.5. The van der Waals surface area contributed by atoms with Crippen molar-refractivity contribution in [2.75, 3.05) is 17.8 Å². The van der Waals surface area contributed by atoms with E-state index in [1.807, 2.05) is 35.2 Å². The SMILES string of the molecule is O=C(c1ccccc1NS(=O)(=O)c1ccc(Oc2ccccc2)cc1)N1CCCCCC1. The number of hydrogen-bond acceptors (Lipinski definition) is 4. The first-order valence-electron chi connectivity index (χ1n) is 10.8. The van der Waals surface area contributed by atoms with Gasteiger partial charge in [-0.05, 0) is 61.4 Å². The summed E-state index contributed by atoms with van der Waals surface area (Å²) in [5.41, 5.74) is 0.647. The molecule has 0 radical (unpaired) electrons. The molecule has 1 aliphatic heterocycles. The topological polar surface area (TPSA) is 75.7 Å². The van der Waals surface area contributed by atoms with E-state index >= 15 is 0 Å². The molecule has 7 heteroatoms. The lowest BCUT2D eigenvalue weighted by atomic mass is 10.1. The van der Waals surface area contributed by atoms with Crippen LogP contribution in [0.2, 0.25) is 0 Å². The molecule has 32 heavy (non-hydrogen) atoms. The summed E-state index contributed by atoms with van der Waals surface area (Å²) in [5.74, 6) is 1.06. The smallest absolute Gasteiger partial charge is 0.261 e. The lowest BCUT2D eigenvalue weighted by Crippen LogP contribution is -2.32. The van der Waals surface area contributed by atoms with Crippen molar-refractivity contribution in [3.8, 4) is 11.5 Å². The van der Waals surface area contributed by atoms with E-state index in [0.29, 0.717) is 30.2 Å². The minimum absolute atomic E-state index is 0.0925. The van der Waals surface area contributed by atoms with Crippen LogP contribution in [-0.4, -0.2) is 32.3 Å². The van der Waals surface area contributed by atoms with Crippen molar-refractivity contribution in [1.82, 2.24) is 4.90 Å². The average Bonchev–Trinajstić information content (AvgIpc) is 3.10. The minimum Gasteiger partial charge on any atom is -0.457 e. The summed E-state index contributed by atoms with van der Waals surface area (Å²) in [5, 5.41) is 0. The fourth-order valence-corrected chi connectivity index (χ4v) is 4.80. The van der Waals surface area contributed by atoms with Crippen LogP contribution in [0.25, 0.3) is 0 Å².